The number of hydrogen-bond acceptors (Lipinski definition) is 4. The Kier molecular flexibility index (Phi) is 5.53. The first-order valence-electron chi connectivity index (χ1n) is 7.90. The van der Waals surface area contributed by atoms with Crippen molar-refractivity contribution in [3.8, 4) is 11.5 Å². The third-order valence-electron chi connectivity index (χ3n) is 4.06. The molecule has 0 unspecified atom stereocenters. The van der Waals surface area contributed by atoms with Crippen molar-refractivity contribution in [3.05, 3.63) is 23.4 Å². The van der Waals surface area contributed by atoms with Crippen LogP contribution in [0.3, 0.4) is 0 Å². The number of carbonyl (C=O) groups excluding carboxylic acids is 1. The fourth-order valence-electron chi connectivity index (χ4n) is 2.97. The van der Waals surface area contributed by atoms with Crippen molar-refractivity contribution in [2.24, 2.45) is 0 Å². The number of esters is 1. The summed E-state index contributed by atoms with van der Waals surface area (Å²) in [6.45, 7) is 7.06. The van der Waals surface area contributed by atoms with Crippen molar-refractivity contribution in [1.82, 2.24) is 4.57 Å². The number of methoxy groups -OCH3 is 2. The van der Waals surface area contributed by atoms with Gasteiger partial charge in [-0.2, -0.15) is 0 Å². The first-order valence-corrected chi connectivity index (χ1v) is 7.90. The minimum absolute atomic E-state index is 0.146. The van der Waals surface area contributed by atoms with Crippen LogP contribution >= 0.6 is 0 Å². The summed E-state index contributed by atoms with van der Waals surface area (Å²) < 4.78 is 18.2. The molecule has 0 amide bonds. The molecule has 5 nitrogen and oxygen atoms in total. The van der Waals surface area contributed by atoms with Crippen LogP contribution in [0, 0.1) is 13.8 Å². The van der Waals surface area contributed by atoms with E-state index < -0.39 is 0 Å². The van der Waals surface area contributed by atoms with Crippen molar-refractivity contribution >= 4 is 16.9 Å². The number of rotatable bonds is 7. The van der Waals surface area contributed by atoms with Gasteiger partial charge in [-0.3, -0.25) is 4.79 Å². The maximum absolute atomic E-state index is 11.5. The number of ether oxygens (including phenoxy) is 3. The van der Waals surface area contributed by atoms with Gasteiger partial charge in [-0.25, -0.2) is 0 Å². The number of aryl methyl sites for hydroxylation is 2. The first kappa shape index (κ1) is 17.2. The second-order valence-electron chi connectivity index (χ2n) is 5.52. The maximum Gasteiger partial charge on any atom is 0.305 e. The highest BCUT2D eigenvalue weighted by atomic mass is 16.5. The Morgan fingerprint density at radius 1 is 1.17 bits per heavy atom. The zero-order valence-corrected chi connectivity index (χ0v) is 14.6. The molecule has 1 aromatic heterocycles. The zero-order valence-electron chi connectivity index (χ0n) is 14.6. The lowest BCUT2D eigenvalue weighted by atomic mass is 10.1. The largest absolute Gasteiger partial charge is 0.496 e. The topological polar surface area (TPSA) is 49.7 Å². The van der Waals surface area contributed by atoms with Gasteiger partial charge in [0.25, 0.3) is 0 Å². The molecule has 0 fully saturated rings. The summed E-state index contributed by atoms with van der Waals surface area (Å²) in [7, 11) is 3.34. The fraction of sp³-hybridized carbons (Fsp3) is 0.500. The van der Waals surface area contributed by atoms with Gasteiger partial charge in [0, 0.05) is 35.7 Å². The molecular formula is C18H25NO4. The van der Waals surface area contributed by atoms with Crippen LogP contribution in [0.5, 0.6) is 11.5 Å². The Bertz CT molecular complexity index is 703. The number of aromatic nitrogens is 1. The molecular weight excluding hydrogens is 294 g/mol. The molecule has 0 bridgehead atoms. The Labute approximate surface area is 137 Å². The van der Waals surface area contributed by atoms with Crippen molar-refractivity contribution in [2.45, 2.75) is 40.2 Å². The molecule has 0 saturated carbocycles. The molecule has 1 heterocycles. The first-order chi connectivity index (χ1) is 11.0. The Balaban J connectivity index is 2.33. The van der Waals surface area contributed by atoms with E-state index in [9.17, 15) is 4.79 Å². The molecule has 0 aliphatic rings. The fourth-order valence-corrected chi connectivity index (χ4v) is 2.97. The molecule has 126 valence electrons. The van der Waals surface area contributed by atoms with Crippen LogP contribution in [0.15, 0.2) is 12.1 Å². The SMILES string of the molecule is CCOC(=O)CCCn1c(C)cc2c(OC)c(C)c(OC)cc21. The lowest BCUT2D eigenvalue weighted by molar-refractivity contribution is -0.143. The lowest BCUT2D eigenvalue weighted by Crippen LogP contribution is -2.07. The van der Waals surface area contributed by atoms with Gasteiger partial charge < -0.3 is 18.8 Å². The summed E-state index contributed by atoms with van der Waals surface area (Å²) in [6.07, 6.45) is 1.16. The average molecular weight is 319 g/mol. The molecule has 0 aliphatic carbocycles. The Hall–Kier alpha value is -2.17. The van der Waals surface area contributed by atoms with Crippen molar-refractivity contribution in [1.29, 1.82) is 0 Å². The zero-order chi connectivity index (χ0) is 17.0. The van der Waals surface area contributed by atoms with Crippen molar-refractivity contribution in [2.75, 3.05) is 20.8 Å². The van der Waals surface area contributed by atoms with Gasteiger partial charge in [0.2, 0.25) is 0 Å². The molecule has 1 aromatic carbocycles. The number of fused-ring (bicyclic) bond motifs is 1. The molecule has 0 spiro atoms. The number of benzene rings is 1. The van der Waals surface area contributed by atoms with Crippen LogP contribution in [-0.4, -0.2) is 31.4 Å². The van der Waals surface area contributed by atoms with E-state index in [1.54, 1.807) is 14.2 Å². The van der Waals surface area contributed by atoms with E-state index in [4.69, 9.17) is 14.2 Å². The van der Waals surface area contributed by atoms with Gasteiger partial charge in [-0.05, 0) is 33.3 Å². The Morgan fingerprint density at radius 2 is 1.91 bits per heavy atom. The lowest BCUT2D eigenvalue weighted by Gasteiger charge is -2.13. The summed E-state index contributed by atoms with van der Waals surface area (Å²) in [6, 6.07) is 4.15. The predicted molar refractivity (Wildman–Crippen MR) is 90.4 cm³/mol. The third kappa shape index (κ3) is 3.44. The van der Waals surface area contributed by atoms with E-state index in [1.807, 2.05) is 19.9 Å². The highest BCUT2D eigenvalue weighted by molar-refractivity contribution is 5.90. The minimum atomic E-state index is -0.146. The van der Waals surface area contributed by atoms with Gasteiger partial charge >= 0.3 is 5.97 Å². The molecule has 23 heavy (non-hydrogen) atoms. The van der Waals surface area contributed by atoms with Gasteiger partial charge in [-0.1, -0.05) is 0 Å². The second-order valence-corrected chi connectivity index (χ2v) is 5.52. The highest BCUT2D eigenvalue weighted by Crippen LogP contribution is 2.38. The van der Waals surface area contributed by atoms with Gasteiger partial charge in [0.1, 0.15) is 11.5 Å². The summed E-state index contributed by atoms with van der Waals surface area (Å²) >= 11 is 0. The Morgan fingerprint density at radius 3 is 2.52 bits per heavy atom. The average Bonchev–Trinajstić information content (AvgIpc) is 2.83. The predicted octanol–water partition coefficient (Wildman–Crippen LogP) is 3.62. The molecule has 0 saturated heterocycles. The quantitative estimate of drug-likeness (QED) is 0.731. The van der Waals surface area contributed by atoms with Crippen LogP contribution in [0.25, 0.3) is 10.9 Å². The van der Waals surface area contributed by atoms with Crippen LogP contribution in [0.4, 0.5) is 0 Å². The van der Waals surface area contributed by atoms with Crippen molar-refractivity contribution < 1.29 is 19.0 Å². The summed E-state index contributed by atoms with van der Waals surface area (Å²) in [4.78, 5) is 11.5. The second kappa shape index (κ2) is 7.40. The van der Waals surface area contributed by atoms with Gasteiger partial charge in [-0.15, -0.1) is 0 Å². The van der Waals surface area contributed by atoms with E-state index in [0.29, 0.717) is 13.0 Å². The van der Waals surface area contributed by atoms with Gasteiger partial charge in [0.05, 0.1) is 26.3 Å². The molecule has 0 atom stereocenters. The highest BCUT2D eigenvalue weighted by Gasteiger charge is 2.16. The molecule has 5 heteroatoms. The molecule has 0 radical (unpaired) electrons. The maximum atomic E-state index is 11.5. The molecule has 0 aliphatic heterocycles. The van der Waals surface area contributed by atoms with E-state index in [2.05, 4.69) is 17.6 Å². The normalized spacial score (nSPS) is 10.8. The molecule has 2 rings (SSSR count). The summed E-state index contributed by atoms with van der Waals surface area (Å²) in [5.41, 5.74) is 3.19. The van der Waals surface area contributed by atoms with Crippen LogP contribution < -0.4 is 9.47 Å². The summed E-state index contributed by atoms with van der Waals surface area (Å²) in [5, 5.41) is 1.07. The smallest absolute Gasteiger partial charge is 0.305 e. The van der Waals surface area contributed by atoms with Gasteiger partial charge in [0.15, 0.2) is 0 Å². The van der Waals surface area contributed by atoms with E-state index in [1.165, 1.54) is 0 Å². The number of nitrogens with zero attached hydrogens (tertiary/aromatic N) is 1. The summed E-state index contributed by atoms with van der Waals surface area (Å²) in [5.74, 6) is 1.50. The number of carbonyl (C=O) groups is 1. The van der Waals surface area contributed by atoms with E-state index in [-0.39, 0.29) is 5.97 Å². The van der Waals surface area contributed by atoms with Crippen LogP contribution in [0.1, 0.15) is 31.0 Å². The third-order valence-corrected chi connectivity index (χ3v) is 4.06. The molecule has 0 N–H and O–H groups in total. The molecule has 2 aromatic rings. The number of hydrogen-bond donors (Lipinski definition) is 0. The van der Waals surface area contributed by atoms with E-state index >= 15 is 0 Å². The monoisotopic (exact) mass is 319 g/mol. The van der Waals surface area contributed by atoms with E-state index in [0.717, 1.165) is 46.6 Å². The van der Waals surface area contributed by atoms with Crippen LogP contribution in [0.2, 0.25) is 0 Å². The minimum Gasteiger partial charge on any atom is -0.496 e. The standard InChI is InChI=1S/C18H25NO4/c1-6-23-17(20)8-7-9-19-12(2)10-14-15(19)11-16(21-4)13(3)18(14)22-5/h10-11H,6-9H2,1-5H3. The van der Waals surface area contributed by atoms with Crippen molar-refractivity contribution in [3.63, 3.8) is 0 Å². The van der Waals surface area contributed by atoms with Crippen LogP contribution in [-0.2, 0) is 16.1 Å².